The van der Waals surface area contributed by atoms with Gasteiger partial charge in [0.2, 0.25) is 0 Å². The molecule has 0 radical (unpaired) electrons. The molecule has 2 heteroatoms. The van der Waals surface area contributed by atoms with E-state index in [1.54, 1.807) is 0 Å². The normalized spacial score (nSPS) is 22.1. The van der Waals surface area contributed by atoms with Gasteiger partial charge in [0.25, 0.3) is 0 Å². The first-order chi connectivity index (χ1) is 8.06. The van der Waals surface area contributed by atoms with Gasteiger partial charge >= 0.3 is 0 Å². The number of hydrogen-bond acceptors (Lipinski definition) is 2. The summed E-state index contributed by atoms with van der Waals surface area (Å²) in [5.41, 5.74) is 0. The van der Waals surface area contributed by atoms with E-state index in [0.29, 0.717) is 12.1 Å². The molecule has 17 heavy (non-hydrogen) atoms. The average Bonchev–Trinajstić information content (AvgIpc) is 2.35. The molecule has 0 heterocycles. The van der Waals surface area contributed by atoms with Crippen molar-refractivity contribution in [2.75, 3.05) is 20.6 Å². The predicted molar refractivity (Wildman–Crippen MR) is 76.4 cm³/mol. The lowest BCUT2D eigenvalue weighted by molar-refractivity contribution is 0.156. The minimum absolute atomic E-state index is 0.675. The summed E-state index contributed by atoms with van der Waals surface area (Å²) in [6.45, 7) is 8.17. The van der Waals surface area contributed by atoms with Crippen molar-refractivity contribution >= 4 is 0 Å². The smallest absolute Gasteiger partial charge is 0.0220 e. The maximum Gasteiger partial charge on any atom is 0.0220 e. The van der Waals surface area contributed by atoms with Crippen LogP contribution in [0.2, 0.25) is 0 Å². The fraction of sp³-hybridized carbons (Fsp3) is 1.00. The van der Waals surface area contributed by atoms with E-state index in [0.717, 1.165) is 11.8 Å². The Hall–Kier alpha value is -0.0800. The molecule has 1 saturated carbocycles. The standard InChI is InChI=1S/C15H32N2/c1-12(2)13(3)17(5)11-15(16-4)14-9-7-6-8-10-14/h12-16H,6-11H2,1-5H3. The summed E-state index contributed by atoms with van der Waals surface area (Å²) in [4.78, 5) is 2.53. The molecule has 0 aliphatic heterocycles. The molecule has 1 fully saturated rings. The fourth-order valence-electron chi connectivity index (χ4n) is 3.00. The number of nitrogens with one attached hydrogen (secondary N) is 1. The maximum atomic E-state index is 3.55. The third-order valence-corrected chi connectivity index (χ3v) is 4.73. The van der Waals surface area contributed by atoms with Crippen molar-refractivity contribution in [3.05, 3.63) is 0 Å². The number of nitrogens with zero attached hydrogens (tertiary/aromatic N) is 1. The second kappa shape index (κ2) is 7.38. The highest BCUT2D eigenvalue weighted by atomic mass is 15.1. The van der Waals surface area contributed by atoms with Gasteiger partial charge in [-0.25, -0.2) is 0 Å². The van der Waals surface area contributed by atoms with Crippen molar-refractivity contribution < 1.29 is 0 Å². The molecule has 0 spiro atoms. The van der Waals surface area contributed by atoms with Crippen LogP contribution in [0.4, 0.5) is 0 Å². The molecule has 1 aliphatic rings. The summed E-state index contributed by atoms with van der Waals surface area (Å²) in [5.74, 6) is 1.64. The lowest BCUT2D eigenvalue weighted by atomic mass is 9.83. The van der Waals surface area contributed by atoms with Gasteiger partial charge in [-0.05, 0) is 45.7 Å². The molecule has 0 aromatic heterocycles. The number of likely N-dealkylation sites (N-methyl/N-ethyl adjacent to an activating group) is 2. The molecule has 0 aromatic rings. The van der Waals surface area contributed by atoms with Crippen LogP contribution in [0.25, 0.3) is 0 Å². The molecule has 0 aromatic carbocycles. The van der Waals surface area contributed by atoms with Crippen LogP contribution in [0, 0.1) is 11.8 Å². The molecule has 2 nitrogen and oxygen atoms in total. The van der Waals surface area contributed by atoms with Gasteiger partial charge < -0.3 is 10.2 Å². The average molecular weight is 240 g/mol. The summed E-state index contributed by atoms with van der Waals surface area (Å²) in [7, 11) is 4.41. The van der Waals surface area contributed by atoms with Crippen LogP contribution in [0.15, 0.2) is 0 Å². The second-order valence-electron chi connectivity index (χ2n) is 6.22. The van der Waals surface area contributed by atoms with E-state index in [-0.39, 0.29) is 0 Å². The van der Waals surface area contributed by atoms with Crippen LogP contribution < -0.4 is 5.32 Å². The summed E-state index contributed by atoms with van der Waals surface area (Å²) in [5, 5.41) is 3.55. The van der Waals surface area contributed by atoms with Crippen LogP contribution in [0.3, 0.4) is 0 Å². The summed E-state index contributed by atoms with van der Waals surface area (Å²) in [6.07, 6.45) is 7.18. The molecule has 0 amide bonds. The highest BCUT2D eigenvalue weighted by Gasteiger charge is 2.25. The molecule has 2 unspecified atom stereocenters. The van der Waals surface area contributed by atoms with Crippen molar-refractivity contribution in [1.29, 1.82) is 0 Å². The SMILES string of the molecule is CNC(CN(C)C(C)C(C)C)C1CCCCC1. The Morgan fingerprint density at radius 2 is 1.71 bits per heavy atom. The molecule has 1 rings (SSSR count). The molecule has 2 atom stereocenters. The van der Waals surface area contributed by atoms with Crippen LogP contribution in [0.1, 0.15) is 52.9 Å². The topological polar surface area (TPSA) is 15.3 Å². The van der Waals surface area contributed by atoms with Crippen molar-refractivity contribution in [3.8, 4) is 0 Å². The van der Waals surface area contributed by atoms with Crippen molar-refractivity contribution in [2.24, 2.45) is 11.8 Å². The van der Waals surface area contributed by atoms with Crippen LogP contribution >= 0.6 is 0 Å². The molecule has 1 N–H and O–H groups in total. The Kier molecular flexibility index (Phi) is 6.50. The molecule has 0 saturated heterocycles. The Labute approximate surface area is 108 Å². The minimum Gasteiger partial charge on any atom is -0.315 e. The highest BCUT2D eigenvalue weighted by Crippen LogP contribution is 2.27. The number of rotatable bonds is 6. The largest absolute Gasteiger partial charge is 0.315 e. The predicted octanol–water partition coefficient (Wildman–Crippen LogP) is 3.13. The molecule has 0 bridgehead atoms. The molecular formula is C15H32N2. The Morgan fingerprint density at radius 3 is 2.18 bits per heavy atom. The Bertz CT molecular complexity index is 197. The van der Waals surface area contributed by atoms with Crippen LogP contribution in [-0.2, 0) is 0 Å². The van der Waals surface area contributed by atoms with Crippen LogP contribution in [-0.4, -0.2) is 37.6 Å². The van der Waals surface area contributed by atoms with Gasteiger partial charge in [0.1, 0.15) is 0 Å². The lowest BCUT2D eigenvalue weighted by Crippen LogP contribution is -2.47. The minimum atomic E-state index is 0.675. The summed E-state index contributed by atoms with van der Waals surface area (Å²) < 4.78 is 0. The van der Waals surface area contributed by atoms with Gasteiger partial charge in [0.15, 0.2) is 0 Å². The Morgan fingerprint density at radius 1 is 1.12 bits per heavy atom. The van der Waals surface area contributed by atoms with Crippen LogP contribution in [0.5, 0.6) is 0 Å². The molecular weight excluding hydrogens is 208 g/mol. The summed E-state index contributed by atoms with van der Waals surface area (Å²) >= 11 is 0. The van der Waals surface area contributed by atoms with Gasteiger partial charge in [0.05, 0.1) is 0 Å². The third-order valence-electron chi connectivity index (χ3n) is 4.73. The van der Waals surface area contributed by atoms with Crippen molar-refractivity contribution in [2.45, 2.75) is 65.0 Å². The zero-order chi connectivity index (χ0) is 12.8. The maximum absolute atomic E-state index is 3.55. The van der Waals surface area contributed by atoms with E-state index in [1.807, 2.05) is 0 Å². The fourth-order valence-corrected chi connectivity index (χ4v) is 3.00. The zero-order valence-corrected chi connectivity index (χ0v) is 12.5. The van der Waals surface area contributed by atoms with Gasteiger partial charge in [0, 0.05) is 18.6 Å². The molecule has 102 valence electrons. The molecule has 1 aliphatic carbocycles. The van der Waals surface area contributed by atoms with Crippen molar-refractivity contribution in [3.63, 3.8) is 0 Å². The Balaban J connectivity index is 2.44. The lowest BCUT2D eigenvalue weighted by Gasteiger charge is -2.36. The van der Waals surface area contributed by atoms with Gasteiger partial charge in [-0.2, -0.15) is 0 Å². The van der Waals surface area contributed by atoms with Gasteiger partial charge in [-0.15, -0.1) is 0 Å². The first-order valence-electron chi connectivity index (χ1n) is 7.43. The number of hydrogen-bond donors (Lipinski definition) is 1. The van der Waals surface area contributed by atoms with E-state index in [2.05, 4.69) is 45.1 Å². The first-order valence-corrected chi connectivity index (χ1v) is 7.43. The van der Waals surface area contributed by atoms with E-state index in [1.165, 1.54) is 38.6 Å². The third kappa shape index (κ3) is 4.59. The quantitative estimate of drug-likeness (QED) is 0.767. The highest BCUT2D eigenvalue weighted by molar-refractivity contribution is 4.82. The van der Waals surface area contributed by atoms with E-state index in [4.69, 9.17) is 0 Å². The van der Waals surface area contributed by atoms with Gasteiger partial charge in [-0.3, -0.25) is 0 Å². The summed E-state index contributed by atoms with van der Waals surface area (Å²) in [6, 6.07) is 1.36. The van der Waals surface area contributed by atoms with E-state index < -0.39 is 0 Å². The van der Waals surface area contributed by atoms with E-state index in [9.17, 15) is 0 Å². The first kappa shape index (κ1) is 15.0. The van der Waals surface area contributed by atoms with Crippen molar-refractivity contribution in [1.82, 2.24) is 10.2 Å². The monoisotopic (exact) mass is 240 g/mol. The zero-order valence-electron chi connectivity index (χ0n) is 12.5. The van der Waals surface area contributed by atoms with E-state index >= 15 is 0 Å². The van der Waals surface area contributed by atoms with Gasteiger partial charge in [-0.1, -0.05) is 33.1 Å². The second-order valence-corrected chi connectivity index (χ2v) is 6.22.